The molecule has 0 spiro atoms. The van der Waals surface area contributed by atoms with Gasteiger partial charge in [-0.05, 0) is 30.2 Å². The lowest BCUT2D eigenvalue weighted by atomic mass is 10.2. The van der Waals surface area contributed by atoms with Gasteiger partial charge in [0.25, 0.3) is 0 Å². The maximum Gasteiger partial charge on any atom is 0.389 e. The summed E-state index contributed by atoms with van der Waals surface area (Å²) < 4.78 is 54.0. The van der Waals surface area contributed by atoms with Crippen molar-refractivity contribution in [3.05, 3.63) is 35.7 Å². The van der Waals surface area contributed by atoms with Crippen LogP contribution in [-0.2, 0) is 4.79 Å². The molecule has 0 aliphatic heterocycles. The summed E-state index contributed by atoms with van der Waals surface area (Å²) in [6.45, 7) is -0.249. The Hall–Kier alpha value is -2.05. The van der Waals surface area contributed by atoms with Crippen molar-refractivity contribution in [3.8, 4) is 5.75 Å². The van der Waals surface area contributed by atoms with Crippen LogP contribution < -0.4 is 4.74 Å². The molecule has 0 saturated heterocycles. The van der Waals surface area contributed by atoms with Crippen molar-refractivity contribution in [2.24, 2.45) is 0 Å². The molecule has 0 amide bonds. The van der Waals surface area contributed by atoms with E-state index in [1.165, 1.54) is 18.2 Å². The van der Waals surface area contributed by atoms with Gasteiger partial charge in [0.2, 0.25) is 0 Å². The standard InChI is InChI=1S/C13H12F4O3/c14-10-8-9(3-5-12(18)19)2-4-11(10)20-7-1-6-13(15,16)17/h2-5,8H,1,6-7H2,(H,18,19)/b5-3+. The summed E-state index contributed by atoms with van der Waals surface area (Å²) in [6.07, 6.45) is -3.47. The number of ether oxygens (including phenoxy) is 1. The molecule has 0 radical (unpaired) electrons. The fourth-order valence-electron chi connectivity index (χ4n) is 1.36. The van der Waals surface area contributed by atoms with E-state index >= 15 is 0 Å². The highest BCUT2D eigenvalue weighted by atomic mass is 19.4. The second-order valence-corrected chi connectivity index (χ2v) is 3.93. The summed E-state index contributed by atoms with van der Waals surface area (Å²) >= 11 is 0. The minimum atomic E-state index is -4.26. The van der Waals surface area contributed by atoms with E-state index in [9.17, 15) is 22.4 Å². The third kappa shape index (κ3) is 6.21. The lowest BCUT2D eigenvalue weighted by Gasteiger charge is -2.09. The minimum absolute atomic E-state index is 0.167. The van der Waals surface area contributed by atoms with E-state index in [0.717, 1.165) is 12.1 Å². The van der Waals surface area contributed by atoms with Gasteiger partial charge in [-0.25, -0.2) is 9.18 Å². The van der Waals surface area contributed by atoms with Gasteiger partial charge in [-0.2, -0.15) is 13.2 Å². The number of hydrogen-bond donors (Lipinski definition) is 1. The van der Waals surface area contributed by atoms with Crippen LogP contribution in [0.5, 0.6) is 5.75 Å². The lowest BCUT2D eigenvalue weighted by Crippen LogP contribution is -2.10. The number of carboxylic acid groups (broad SMARTS) is 1. The summed E-state index contributed by atoms with van der Waals surface area (Å²) in [5.74, 6) is -2.10. The summed E-state index contributed by atoms with van der Waals surface area (Å²) in [5.41, 5.74) is 0.313. The Labute approximate surface area is 112 Å². The number of benzene rings is 1. The van der Waals surface area contributed by atoms with E-state index < -0.39 is 24.4 Å². The van der Waals surface area contributed by atoms with Gasteiger partial charge in [0.1, 0.15) is 0 Å². The van der Waals surface area contributed by atoms with Gasteiger partial charge in [-0.1, -0.05) is 6.07 Å². The van der Waals surface area contributed by atoms with Crippen molar-refractivity contribution < 1.29 is 32.2 Å². The van der Waals surface area contributed by atoms with Crippen molar-refractivity contribution in [3.63, 3.8) is 0 Å². The van der Waals surface area contributed by atoms with E-state index in [4.69, 9.17) is 9.84 Å². The zero-order valence-electron chi connectivity index (χ0n) is 10.3. The summed E-state index contributed by atoms with van der Waals surface area (Å²) in [7, 11) is 0. The predicted octanol–water partition coefficient (Wildman–Crippen LogP) is 3.64. The fourth-order valence-corrected chi connectivity index (χ4v) is 1.36. The number of aliphatic carboxylic acids is 1. The van der Waals surface area contributed by atoms with Gasteiger partial charge in [-0.15, -0.1) is 0 Å². The fraction of sp³-hybridized carbons (Fsp3) is 0.308. The zero-order valence-corrected chi connectivity index (χ0v) is 10.3. The molecule has 7 heteroatoms. The first-order valence-corrected chi connectivity index (χ1v) is 5.68. The van der Waals surface area contributed by atoms with Crippen molar-refractivity contribution in [1.29, 1.82) is 0 Å². The molecule has 20 heavy (non-hydrogen) atoms. The van der Waals surface area contributed by atoms with E-state index in [-0.39, 0.29) is 18.8 Å². The molecule has 3 nitrogen and oxygen atoms in total. The highest BCUT2D eigenvalue weighted by molar-refractivity contribution is 5.85. The Morgan fingerprint density at radius 1 is 1.35 bits per heavy atom. The summed E-state index contributed by atoms with van der Waals surface area (Å²) in [4.78, 5) is 10.3. The maximum absolute atomic E-state index is 13.5. The molecular formula is C13H12F4O3. The van der Waals surface area contributed by atoms with Crippen molar-refractivity contribution in [2.75, 3.05) is 6.61 Å². The second kappa shape index (κ2) is 6.93. The molecule has 1 rings (SSSR count). The van der Waals surface area contributed by atoms with E-state index in [0.29, 0.717) is 5.56 Å². The number of rotatable bonds is 6. The number of halogens is 4. The van der Waals surface area contributed by atoms with Gasteiger partial charge >= 0.3 is 12.1 Å². The molecule has 1 aromatic rings. The Kier molecular flexibility index (Phi) is 5.54. The smallest absolute Gasteiger partial charge is 0.389 e. The van der Waals surface area contributed by atoms with E-state index in [1.807, 2.05) is 0 Å². The van der Waals surface area contributed by atoms with Crippen LogP contribution in [0.4, 0.5) is 17.6 Å². The largest absolute Gasteiger partial charge is 0.491 e. The first-order chi connectivity index (χ1) is 9.28. The molecular weight excluding hydrogens is 280 g/mol. The van der Waals surface area contributed by atoms with Crippen LogP contribution in [0.25, 0.3) is 6.08 Å². The number of carboxylic acids is 1. The Morgan fingerprint density at radius 2 is 2.05 bits per heavy atom. The first kappa shape index (κ1) is 16.0. The van der Waals surface area contributed by atoms with Crippen LogP contribution in [0.1, 0.15) is 18.4 Å². The van der Waals surface area contributed by atoms with Crippen LogP contribution in [0.2, 0.25) is 0 Å². The molecule has 0 atom stereocenters. The Bertz CT molecular complexity index is 495. The van der Waals surface area contributed by atoms with E-state index in [2.05, 4.69) is 0 Å². The molecule has 110 valence electrons. The van der Waals surface area contributed by atoms with Crippen LogP contribution in [0.15, 0.2) is 24.3 Å². The molecule has 0 aromatic heterocycles. The number of carbonyl (C=O) groups is 1. The van der Waals surface area contributed by atoms with Gasteiger partial charge < -0.3 is 9.84 Å². The second-order valence-electron chi connectivity index (χ2n) is 3.93. The quantitative estimate of drug-likeness (QED) is 0.494. The van der Waals surface area contributed by atoms with Crippen molar-refractivity contribution in [1.82, 2.24) is 0 Å². The normalized spacial score (nSPS) is 11.8. The van der Waals surface area contributed by atoms with Crippen LogP contribution in [-0.4, -0.2) is 23.9 Å². The molecule has 0 heterocycles. The summed E-state index contributed by atoms with van der Waals surface area (Å²) in [6, 6.07) is 3.69. The van der Waals surface area contributed by atoms with Gasteiger partial charge in [0.15, 0.2) is 11.6 Å². The first-order valence-electron chi connectivity index (χ1n) is 5.68. The average Bonchev–Trinajstić information content (AvgIpc) is 2.32. The highest BCUT2D eigenvalue weighted by Crippen LogP contribution is 2.23. The minimum Gasteiger partial charge on any atom is -0.491 e. The summed E-state index contributed by atoms with van der Waals surface area (Å²) in [5, 5.41) is 8.41. The number of alkyl halides is 3. The third-order valence-corrected chi connectivity index (χ3v) is 2.24. The Balaban J connectivity index is 2.54. The molecule has 0 fully saturated rings. The van der Waals surface area contributed by atoms with E-state index in [1.54, 1.807) is 0 Å². The molecule has 0 saturated carbocycles. The lowest BCUT2D eigenvalue weighted by molar-refractivity contribution is -0.136. The van der Waals surface area contributed by atoms with Crippen LogP contribution in [0.3, 0.4) is 0 Å². The van der Waals surface area contributed by atoms with Crippen LogP contribution in [0, 0.1) is 5.82 Å². The molecule has 0 aliphatic carbocycles. The predicted molar refractivity (Wildman–Crippen MR) is 63.9 cm³/mol. The SMILES string of the molecule is O=C(O)/C=C/c1ccc(OCCCC(F)(F)F)c(F)c1. The molecule has 1 aromatic carbocycles. The molecule has 0 aliphatic rings. The van der Waals surface area contributed by atoms with Gasteiger partial charge in [0.05, 0.1) is 6.61 Å². The Morgan fingerprint density at radius 3 is 2.60 bits per heavy atom. The van der Waals surface area contributed by atoms with Gasteiger partial charge in [-0.3, -0.25) is 0 Å². The maximum atomic E-state index is 13.5. The van der Waals surface area contributed by atoms with Crippen molar-refractivity contribution >= 4 is 12.0 Å². The monoisotopic (exact) mass is 292 g/mol. The van der Waals surface area contributed by atoms with Crippen molar-refractivity contribution in [2.45, 2.75) is 19.0 Å². The topological polar surface area (TPSA) is 46.5 Å². The zero-order chi connectivity index (χ0) is 15.2. The van der Waals surface area contributed by atoms with Gasteiger partial charge in [0, 0.05) is 12.5 Å². The average molecular weight is 292 g/mol. The van der Waals surface area contributed by atoms with Crippen LogP contribution >= 0.6 is 0 Å². The molecule has 0 bridgehead atoms. The molecule has 0 unspecified atom stereocenters. The third-order valence-electron chi connectivity index (χ3n) is 2.24. The molecule has 1 N–H and O–H groups in total. The highest BCUT2D eigenvalue weighted by Gasteiger charge is 2.26. The number of hydrogen-bond acceptors (Lipinski definition) is 2.